The van der Waals surface area contributed by atoms with E-state index in [0.717, 1.165) is 11.3 Å². The molecule has 0 N–H and O–H groups in total. The first-order valence-electron chi connectivity index (χ1n) is 11.7. The van der Waals surface area contributed by atoms with Crippen LogP contribution in [-0.2, 0) is 14.3 Å². The number of amides is 1. The number of ether oxygens (including phenoxy) is 4. The van der Waals surface area contributed by atoms with Gasteiger partial charge in [0.2, 0.25) is 5.91 Å². The van der Waals surface area contributed by atoms with Crippen molar-refractivity contribution in [2.45, 2.75) is 39.5 Å². The van der Waals surface area contributed by atoms with Crippen LogP contribution >= 0.6 is 0 Å². The van der Waals surface area contributed by atoms with Crippen LogP contribution < -0.4 is 14.2 Å². The van der Waals surface area contributed by atoms with Crippen molar-refractivity contribution in [2.24, 2.45) is 16.3 Å². The van der Waals surface area contributed by atoms with Gasteiger partial charge in [-0.25, -0.2) is 0 Å². The first-order chi connectivity index (χ1) is 16.2. The fourth-order valence-corrected chi connectivity index (χ4v) is 5.38. The van der Waals surface area contributed by atoms with Crippen molar-refractivity contribution < 1.29 is 28.5 Å². The van der Waals surface area contributed by atoms with E-state index in [-0.39, 0.29) is 17.1 Å². The maximum Gasteiger partial charge on any atom is 0.232 e. The van der Waals surface area contributed by atoms with Gasteiger partial charge < -0.3 is 23.8 Å². The van der Waals surface area contributed by atoms with Crippen molar-refractivity contribution in [3.05, 3.63) is 29.0 Å². The topological polar surface area (TPSA) is 86.7 Å². The second-order valence-electron chi connectivity index (χ2n) is 9.90. The highest BCUT2D eigenvalue weighted by molar-refractivity contribution is 6.10. The smallest absolute Gasteiger partial charge is 0.232 e. The number of Topliss-reactive ketones (excluding diaryl/α,β-unsaturated/α-hetero) is 1. The normalized spacial score (nSPS) is 24.4. The second-order valence-corrected chi connectivity index (χ2v) is 9.90. The van der Waals surface area contributed by atoms with Gasteiger partial charge in [-0.3, -0.25) is 14.6 Å². The van der Waals surface area contributed by atoms with Gasteiger partial charge in [-0.1, -0.05) is 13.8 Å². The van der Waals surface area contributed by atoms with Gasteiger partial charge in [0, 0.05) is 54.0 Å². The Labute approximate surface area is 200 Å². The lowest BCUT2D eigenvalue weighted by atomic mass is 9.66. The van der Waals surface area contributed by atoms with E-state index in [9.17, 15) is 9.59 Å². The molecule has 1 fully saturated rings. The Balaban J connectivity index is 1.92. The Morgan fingerprint density at radius 2 is 1.65 bits per heavy atom. The number of nitrogens with zero attached hydrogens (tertiary/aromatic N) is 2. The maximum atomic E-state index is 13.9. The summed E-state index contributed by atoms with van der Waals surface area (Å²) in [7, 11) is 4.71. The van der Waals surface area contributed by atoms with E-state index in [4.69, 9.17) is 23.9 Å². The van der Waals surface area contributed by atoms with Crippen LogP contribution in [0.25, 0.3) is 0 Å². The van der Waals surface area contributed by atoms with Crippen LogP contribution in [0, 0.1) is 11.3 Å². The molecule has 0 bridgehead atoms. The van der Waals surface area contributed by atoms with Crippen molar-refractivity contribution in [1.82, 2.24) is 4.90 Å². The van der Waals surface area contributed by atoms with E-state index >= 15 is 0 Å². The average molecular weight is 471 g/mol. The zero-order valence-corrected chi connectivity index (χ0v) is 20.9. The second kappa shape index (κ2) is 9.41. The van der Waals surface area contributed by atoms with Gasteiger partial charge >= 0.3 is 0 Å². The number of hydrogen-bond acceptors (Lipinski definition) is 7. The third-order valence-corrected chi connectivity index (χ3v) is 6.96. The summed E-state index contributed by atoms with van der Waals surface area (Å²) in [4.78, 5) is 34.2. The largest absolute Gasteiger partial charge is 0.496 e. The first kappa shape index (κ1) is 24.3. The van der Waals surface area contributed by atoms with Gasteiger partial charge in [0.25, 0.3) is 0 Å². The number of benzene rings is 1. The molecule has 8 nitrogen and oxygen atoms in total. The molecule has 2 aliphatic heterocycles. The van der Waals surface area contributed by atoms with Gasteiger partial charge in [-0.05, 0) is 24.8 Å². The van der Waals surface area contributed by atoms with Crippen molar-refractivity contribution in [2.75, 3.05) is 47.6 Å². The van der Waals surface area contributed by atoms with Gasteiger partial charge in [-0.15, -0.1) is 0 Å². The number of aliphatic imine (C=N–C) groups is 1. The Morgan fingerprint density at radius 1 is 1.03 bits per heavy atom. The van der Waals surface area contributed by atoms with E-state index in [1.165, 1.54) is 0 Å². The summed E-state index contributed by atoms with van der Waals surface area (Å²) in [6.07, 6.45) is 1.08. The molecule has 3 aliphatic rings. The van der Waals surface area contributed by atoms with Crippen molar-refractivity contribution >= 4 is 17.4 Å². The van der Waals surface area contributed by atoms with Gasteiger partial charge in [0.1, 0.15) is 5.75 Å². The highest BCUT2D eigenvalue weighted by Crippen LogP contribution is 2.51. The summed E-state index contributed by atoms with van der Waals surface area (Å²) in [5, 5.41) is 0. The molecule has 1 unspecified atom stereocenters. The number of ketones is 1. The SMILES string of the molecule is COc1cc(OC)c([C@@H]2C3=C(CC(C)(C)CC3=O)N=C(C)C2C(=O)N2CCOCC2)cc1OC. The van der Waals surface area contributed by atoms with Crippen LogP contribution in [0.4, 0.5) is 0 Å². The zero-order valence-electron chi connectivity index (χ0n) is 20.9. The van der Waals surface area contributed by atoms with E-state index in [1.807, 2.05) is 17.9 Å². The van der Waals surface area contributed by atoms with E-state index < -0.39 is 11.8 Å². The van der Waals surface area contributed by atoms with Gasteiger partial charge in [0.05, 0.1) is 40.5 Å². The molecule has 1 aliphatic carbocycles. The maximum absolute atomic E-state index is 13.9. The summed E-state index contributed by atoms with van der Waals surface area (Å²) in [5.41, 5.74) is 2.63. The average Bonchev–Trinajstić information content (AvgIpc) is 2.81. The fourth-order valence-electron chi connectivity index (χ4n) is 5.38. The molecule has 1 amide bonds. The fraction of sp³-hybridized carbons (Fsp3) is 0.577. The van der Waals surface area contributed by atoms with Crippen molar-refractivity contribution in [3.8, 4) is 17.2 Å². The third kappa shape index (κ3) is 4.31. The van der Waals surface area contributed by atoms with Crippen LogP contribution in [0.3, 0.4) is 0 Å². The van der Waals surface area contributed by atoms with Crippen LogP contribution in [0.2, 0.25) is 0 Å². The predicted octanol–water partition coefficient (Wildman–Crippen LogP) is 3.39. The Morgan fingerprint density at radius 3 is 2.26 bits per heavy atom. The van der Waals surface area contributed by atoms with Gasteiger partial charge in [-0.2, -0.15) is 0 Å². The van der Waals surface area contributed by atoms with Crippen LogP contribution in [0.5, 0.6) is 17.2 Å². The molecule has 0 spiro atoms. The molecule has 0 saturated carbocycles. The van der Waals surface area contributed by atoms with Gasteiger partial charge in [0.15, 0.2) is 17.3 Å². The number of allylic oxidation sites excluding steroid dienone is 2. The molecule has 2 heterocycles. The Kier molecular flexibility index (Phi) is 6.71. The van der Waals surface area contributed by atoms with Crippen molar-refractivity contribution in [3.63, 3.8) is 0 Å². The molecule has 4 rings (SSSR count). The molecule has 1 aromatic rings. The molecule has 1 aromatic carbocycles. The highest BCUT2D eigenvalue weighted by atomic mass is 16.5. The molecular formula is C26H34N2O6. The molecule has 34 heavy (non-hydrogen) atoms. The van der Waals surface area contributed by atoms with Crippen LogP contribution in [0.1, 0.15) is 45.1 Å². The summed E-state index contributed by atoms with van der Waals surface area (Å²) in [6.45, 7) is 8.09. The predicted molar refractivity (Wildman–Crippen MR) is 128 cm³/mol. The molecule has 1 saturated heterocycles. The zero-order chi connectivity index (χ0) is 24.6. The minimum Gasteiger partial charge on any atom is -0.496 e. The van der Waals surface area contributed by atoms with E-state index in [0.29, 0.717) is 67.7 Å². The Bertz CT molecular complexity index is 1050. The lowest BCUT2D eigenvalue weighted by molar-refractivity contribution is -0.138. The number of morpholine rings is 1. The molecule has 8 heteroatoms. The minimum absolute atomic E-state index is 0.0316. The summed E-state index contributed by atoms with van der Waals surface area (Å²) >= 11 is 0. The number of methoxy groups -OCH3 is 3. The number of carbonyl (C=O) groups excluding carboxylic acids is 2. The molecular weight excluding hydrogens is 436 g/mol. The summed E-state index contributed by atoms with van der Waals surface area (Å²) < 4.78 is 22.3. The highest BCUT2D eigenvalue weighted by Gasteiger charge is 2.47. The quantitative estimate of drug-likeness (QED) is 0.656. The molecule has 184 valence electrons. The molecule has 0 radical (unpaired) electrons. The van der Waals surface area contributed by atoms with Crippen LogP contribution in [-0.4, -0.2) is 69.9 Å². The lowest BCUT2D eigenvalue weighted by Gasteiger charge is -2.41. The standard InChI is InChI=1S/C26H34N2O6/c1-15-22(25(30)28-7-9-34-10-8-28)23(24-17(27-15)13-26(2,3)14-18(24)29)16-11-20(32-5)21(33-6)12-19(16)31-4/h11-12,22-23H,7-10,13-14H2,1-6H3/t22?,23-/m0/s1. The number of rotatable bonds is 5. The lowest BCUT2D eigenvalue weighted by Crippen LogP contribution is -2.49. The first-order valence-corrected chi connectivity index (χ1v) is 11.7. The summed E-state index contributed by atoms with van der Waals surface area (Å²) in [6, 6.07) is 3.58. The molecule has 2 atom stereocenters. The minimum atomic E-state index is -0.617. The Hall–Kier alpha value is -2.87. The monoisotopic (exact) mass is 470 g/mol. The number of hydrogen-bond donors (Lipinski definition) is 0. The third-order valence-electron chi connectivity index (χ3n) is 6.96. The van der Waals surface area contributed by atoms with E-state index in [1.54, 1.807) is 27.4 Å². The van der Waals surface area contributed by atoms with Crippen molar-refractivity contribution in [1.29, 1.82) is 0 Å². The van der Waals surface area contributed by atoms with Crippen LogP contribution in [0.15, 0.2) is 28.4 Å². The number of carbonyl (C=O) groups is 2. The van der Waals surface area contributed by atoms with E-state index in [2.05, 4.69) is 13.8 Å². The molecule has 0 aromatic heterocycles. The summed E-state index contributed by atoms with van der Waals surface area (Å²) in [5.74, 6) is 0.420.